The van der Waals surface area contributed by atoms with Gasteiger partial charge in [-0.15, -0.1) is 0 Å². The van der Waals surface area contributed by atoms with E-state index in [2.05, 4.69) is 33.0 Å². The largest absolute Gasteiger partial charge is 0.342 e. The van der Waals surface area contributed by atoms with Gasteiger partial charge in [-0.25, -0.2) is 0 Å². The number of unbranched alkanes of at least 4 members (excludes halogenated alkanes) is 1. The lowest BCUT2D eigenvalue weighted by atomic mass is 9.87. The summed E-state index contributed by atoms with van der Waals surface area (Å²) in [4.78, 5) is 25.3. The van der Waals surface area contributed by atoms with Crippen LogP contribution in [-0.2, 0) is 15.0 Å². The van der Waals surface area contributed by atoms with Crippen molar-refractivity contribution in [2.45, 2.75) is 59.3 Å². The number of amides is 2. The Balaban J connectivity index is 2.51. The zero-order valence-corrected chi connectivity index (χ0v) is 15.1. The summed E-state index contributed by atoms with van der Waals surface area (Å²) in [6.45, 7) is 11.3. The normalized spacial score (nSPS) is 11.2. The molecule has 0 saturated heterocycles. The predicted molar refractivity (Wildman–Crippen MR) is 95.6 cm³/mol. The number of nitrogens with zero attached hydrogens (tertiary/aromatic N) is 1. The van der Waals surface area contributed by atoms with Crippen molar-refractivity contribution in [3.63, 3.8) is 0 Å². The standard InChI is InChI=1S/C19H30N2O2/c1-6-7-13-21(15(2)22)14-12-18(23)20-17-10-8-16(9-11-17)19(3,4)5/h8-11H,6-7,12-14H2,1-5H3,(H,20,23). The lowest BCUT2D eigenvalue weighted by Crippen LogP contribution is -2.32. The van der Waals surface area contributed by atoms with Gasteiger partial charge in [0.1, 0.15) is 0 Å². The quantitative estimate of drug-likeness (QED) is 0.827. The van der Waals surface area contributed by atoms with Gasteiger partial charge in [-0.3, -0.25) is 9.59 Å². The third-order valence-electron chi connectivity index (χ3n) is 3.87. The number of anilines is 1. The van der Waals surface area contributed by atoms with Crippen molar-refractivity contribution in [1.82, 2.24) is 4.90 Å². The van der Waals surface area contributed by atoms with Crippen molar-refractivity contribution >= 4 is 17.5 Å². The first-order chi connectivity index (χ1) is 10.7. The Morgan fingerprint density at radius 2 is 1.70 bits per heavy atom. The molecular weight excluding hydrogens is 288 g/mol. The summed E-state index contributed by atoms with van der Waals surface area (Å²) in [5.74, 6) is -0.0305. The Labute approximate surface area is 140 Å². The Hall–Kier alpha value is -1.84. The smallest absolute Gasteiger partial charge is 0.226 e. The second-order valence-electron chi connectivity index (χ2n) is 6.99. The van der Waals surface area contributed by atoms with E-state index in [0.717, 1.165) is 25.1 Å². The molecule has 0 aliphatic carbocycles. The lowest BCUT2D eigenvalue weighted by molar-refractivity contribution is -0.129. The molecule has 0 saturated carbocycles. The van der Waals surface area contributed by atoms with E-state index >= 15 is 0 Å². The van der Waals surface area contributed by atoms with Crippen molar-refractivity contribution in [1.29, 1.82) is 0 Å². The molecule has 0 spiro atoms. The van der Waals surface area contributed by atoms with Crippen molar-refractivity contribution in [2.75, 3.05) is 18.4 Å². The molecule has 1 rings (SSSR count). The summed E-state index contributed by atoms with van der Waals surface area (Å²) in [5, 5.41) is 2.89. The zero-order chi connectivity index (χ0) is 17.5. The highest BCUT2D eigenvalue weighted by Gasteiger charge is 2.14. The van der Waals surface area contributed by atoms with Crippen LogP contribution in [0.15, 0.2) is 24.3 Å². The molecule has 0 unspecified atom stereocenters. The molecule has 0 aliphatic rings. The van der Waals surface area contributed by atoms with Crippen molar-refractivity contribution in [2.24, 2.45) is 0 Å². The van der Waals surface area contributed by atoms with E-state index in [4.69, 9.17) is 0 Å². The molecule has 128 valence electrons. The van der Waals surface area contributed by atoms with Gasteiger partial charge in [0, 0.05) is 32.1 Å². The highest BCUT2D eigenvalue weighted by Crippen LogP contribution is 2.23. The van der Waals surface area contributed by atoms with Gasteiger partial charge in [-0.2, -0.15) is 0 Å². The molecule has 0 bridgehead atoms. The molecule has 1 N–H and O–H groups in total. The van der Waals surface area contributed by atoms with Gasteiger partial charge < -0.3 is 10.2 Å². The summed E-state index contributed by atoms with van der Waals surface area (Å²) < 4.78 is 0. The van der Waals surface area contributed by atoms with E-state index < -0.39 is 0 Å². The minimum absolute atomic E-state index is 0.0285. The maximum absolute atomic E-state index is 12.0. The molecule has 4 heteroatoms. The number of rotatable bonds is 7. The molecule has 0 fully saturated rings. The summed E-state index contributed by atoms with van der Waals surface area (Å²) >= 11 is 0. The van der Waals surface area contributed by atoms with E-state index in [1.54, 1.807) is 11.8 Å². The number of nitrogens with one attached hydrogen (secondary N) is 1. The topological polar surface area (TPSA) is 49.4 Å². The van der Waals surface area contributed by atoms with Gasteiger partial charge in [-0.1, -0.05) is 46.2 Å². The third kappa shape index (κ3) is 6.85. The van der Waals surface area contributed by atoms with Crippen molar-refractivity contribution < 1.29 is 9.59 Å². The first-order valence-electron chi connectivity index (χ1n) is 8.40. The van der Waals surface area contributed by atoms with Gasteiger partial charge in [0.05, 0.1) is 0 Å². The van der Waals surface area contributed by atoms with Crippen LogP contribution >= 0.6 is 0 Å². The van der Waals surface area contributed by atoms with Gasteiger partial charge in [-0.05, 0) is 29.5 Å². The van der Waals surface area contributed by atoms with Crippen LogP contribution in [0.25, 0.3) is 0 Å². The van der Waals surface area contributed by atoms with Crippen molar-refractivity contribution in [3.8, 4) is 0 Å². The number of carbonyl (C=O) groups is 2. The Morgan fingerprint density at radius 1 is 1.09 bits per heavy atom. The number of hydrogen-bond acceptors (Lipinski definition) is 2. The highest BCUT2D eigenvalue weighted by molar-refractivity contribution is 5.91. The van der Waals surface area contributed by atoms with Gasteiger partial charge >= 0.3 is 0 Å². The molecule has 1 aromatic rings. The fourth-order valence-electron chi connectivity index (χ4n) is 2.29. The summed E-state index contributed by atoms with van der Waals surface area (Å²) in [6, 6.07) is 7.94. The van der Waals surface area contributed by atoms with E-state index in [1.807, 2.05) is 24.3 Å². The first-order valence-corrected chi connectivity index (χ1v) is 8.40. The van der Waals surface area contributed by atoms with Crippen LogP contribution in [0.4, 0.5) is 5.69 Å². The average Bonchev–Trinajstić information content (AvgIpc) is 2.46. The molecule has 1 aromatic carbocycles. The lowest BCUT2D eigenvalue weighted by Gasteiger charge is -2.21. The van der Waals surface area contributed by atoms with Crippen LogP contribution in [0.1, 0.15) is 59.4 Å². The molecule has 2 amide bonds. The van der Waals surface area contributed by atoms with Crippen LogP contribution in [0.5, 0.6) is 0 Å². The van der Waals surface area contributed by atoms with Gasteiger partial charge in [0.25, 0.3) is 0 Å². The molecule has 0 radical (unpaired) electrons. The number of hydrogen-bond donors (Lipinski definition) is 1. The fraction of sp³-hybridized carbons (Fsp3) is 0.579. The van der Waals surface area contributed by atoms with E-state index in [0.29, 0.717) is 13.0 Å². The fourth-order valence-corrected chi connectivity index (χ4v) is 2.29. The van der Waals surface area contributed by atoms with E-state index in [1.165, 1.54) is 5.56 Å². The Morgan fingerprint density at radius 3 is 2.17 bits per heavy atom. The molecule has 0 heterocycles. The van der Waals surface area contributed by atoms with Crippen molar-refractivity contribution in [3.05, 3.63) is 29.8 Å². The first kappa shape index (κ1) is 19.2. The molecule has 0 atom stereocenters. The Kier molecular flexibility index (Phi) is 7.27. The highest BCUT2D eigenvalue weighted by atomic mass is 16.2. The second-order valence-corrected chi connectivity index (χ2v) is 6.99. The summed E-state index contributed by atoms with van der Waals surface area (Å²) in [7, 11) is 0. The molecule has 23 heavy (non-hydrogen) atoms. The van der Waals surface area contributed by atoms with E-state index in [9.17, 15) is 9.59 Å². The van der Waals surface area contributed by atoms with Gasteiger partial charge in [0.15, 0.2) is 0 Å². The SMILES string of the molecule is CCCCN(CCC(=O)Nc1ccc(C(C)(C)C)cc1)C(C)=O. The number of carbonyl (C=O) groups excluding carboxylic acids is 2. The minimum Gasteiger partial charge on any atom is -0.342 e. The number of benzene rings is 1. The molecule has 0 aliphatic heterocycles. The monoisotopic (exact) mass is 318 g/mol. The van der Waals surface area contributed by atoms with E-state index in [-0.39, 0.29) is 17.2 Å². The average molecular weight is 318 g/mol. The Bertz CT molecular complexity index is 515. The van der Waals surface area contributed by atoms with Crippen LogP contribution in [0, 0.1) is 0 Å². The predicted octanol–water partition coefficient (Wildman–Crippen LogP) is 3.96. The summed E-state index contributed by atoms with van der Waals surface area (Å²) in [5.41, 5.74) is 2.13. The van der Waals surface area contributed by atoms with Crippen LogP contribution in [0.2, 0.25) is 0 Å². The van der Waals surface area contributed by atoms with Gasteiger partial charge in [0.2, 0.25) is 11.8 Å². The second kappa shape index (κ2) is 8.70. The maximum atomic E-state index is 12.0. The van der Waals surface area contributed by atoms with Crippen LogP contribution < -0.4 is 5.32 Å². The summed E-state index contributed by atoms with van der Waals surface area (Å²) in [6.07, 6.45) is 2.33. The van der Waals surface area contributed by atoms with Crippen LogP contribution in [-0.4, -0.2) is 29.8 Å². The molecule has 0 aromatic heterocycles. The molecule has 4 nitrogen and oxygen atoms in total. The maximum Gasteiger partial charge on any atom is 0.226 e. The van der Waals surface area contributed by atoms with Crippen LogP contribution in [0.3, 0.4) is 0 Å². The zero-order valence-electron chi connectivity index (χ0n) is 15.1. The third-order valence-corrected chi connectivity index (χ3v) is 3.87. The minimum atomic E-state index is -0.0590. The molecular formula is C19H30N2O2.